The number of aromatic amines is 1. The van der Waals surface area contributed by atoms with E-state index in [0.717, 1.165) is 30.7 Å². The Morgan fingerprint density at radius 1 is 1.00 bits per heavy atom. The van der Waals surface area contributed by atoms with E-state index >= 15 is 0 Å². The van der Waals surface area contributed by atoms with Crippen molar-refractivity contribution in [2.75, 3.05) is 18.6 Å². The van der Waals surface area contributed by atoms with E-state index in [4.69, 9.17) is 4.74 Å². The molecule has 0 spiro atoms. The van der Waals surface area contributed by atoms with Crippen molar-refractivity contribution in [3.05, 3.63) is 95.2 Å². The van der Waals surface area contributed by atoms with Crippen LogP contribution in [-0.4, -0.2) is 24.9 Å². The predicted octanol–water partition coefficient (Wildman–Crippen LogP) is 5.14. The summed E-state index contributed by atoms with van der Waals surface area (Å²) in [7, 11) is 1.69. The lowest BCUT2D eigenvalue weighted by Crippen LogP contribution is -2.36. The summed E-state index contributed by atoms with van der Waals surface area (Å²) in [6.07, 6.45) is 1.86. The van der Waals surface area contributed by atoms with Crippen LogP contribution in [0.2, 0.25) is 0 Å². The maximum absolute atomic E-state index is 11.1. The Morgan fingerprint density at radius 2 is 1.76 bits per heavy atom. The maximum atomic E-state index is 11.1. The van der Waals surface area contributed by atoms with Gasteiger partial charge in [-0.05, 0) is 60.0 Å². The zero-order chi connectivity index (χ0) is 19.8. The Kier molecular flexibility index (Phi) is 4.32. The summed E-state index contributed by atoms with van der Waals surface area (Å²) in [6.45, 7) is 0.909. The summed E-state index contributed by atoms with van der Waals surface area (Å²) in [5.41, 5.74) is 6.81. The van der Waals surface area contributed by atoms with Crippen LogP contribution >= 0.6 is 0 Å². The van der Waals surface area contributed by atoms with E-state index < -0.39 is 0 Å². The maximum Gasteiger partial charge on any atom is 0.150 e. The molecule has 5 rings (SSSR count). The molecule has 0 bridgehead atoms. The smallest absolute Gasteiger partial charge is 0.150 e. The molecule has 3 aromatic carbocycles. The van der Waals surface area contributed by atoms with Gasteiger partial charge in [0.2, 0.25) is 0 Å². The van der Waals surface area contributed by atoms with Crippen molar-refractivity contribution in [3.8, 4) is 5.75 Å². The average molecular weight is 382 g/mol. The van der Waals surface area contributed by atoms with Crippen molar-refractivity contribution in [2.24, 2.45) is 0 Å². The minimum Gasteiger partial charge on any atom is -0.497 e. The summed E-state index contributed by atoms with van der Waals surface area (Å²) in [6, 6.07) is 24.7. The van der Waals surface area contributed by atoms with E-state index in [-0.39, 0.29) is 6.04 Å². The highest BCUT2D eigenvalue weighted by atomic mass is 16.5. The first-order valence-electron chi connectivity index (χ1n) is 9.84. The predicted molar refractivity (Wildman–Crippen MR) is 116 cm³/mol. The normalized spacial score (nSPS) is 15.9. The number of aldehydes is 1. The number of fused-ring (bicyclic) bond motifs is 3. The Labute approximate surface area is 169 Å². The molecule has 2 heterocycles. The van der Waals surface area contributed by atoms with Gasteiger partial charge in [0.15, 0.2) is 0 Å². The number of ether oxygens (including phenoxy) is 1. The fourth-order valence-corrected chi connectivity index (χ4v) is 4.40. The number of benzene rings is 3. The molecule has 4 nitrogen and oxygen atoms in total. The molecule has 144 valence electrons. The molecule has 1 unspecified atom stereocenters. The SMILES string of the molecule is COc1ccc(C2c3[nH]c4ccccc4c3CCN2c2ccc(C=O)cc2)cc1. The van der Waals surface area contributed by atoms with Gasteiger partial charge in [-0.15, -0.1) is 0 Å². The molecule has 1 atom stereocenters. The second-order valence-electron chi connectivity index (χ2n) is 7.39. The van der Waals surface area contributed by atoms with Gasteiger partial charge in [-0.3, -0.25) is 4.79 Å². The third-order valence-electron chi connectivity index (χ3n) is 5.83. The molecular formula is C25H22N2O2. The van der Waals surface area contributed by atoms with E-state index in [0.29, 0.717) is 5.56 Å². The van der Waals surface area contributed by atoms with Crippen LogP contribution in [-0.2, 0) is 6.42 Å². The van der Waals surface area contributed by atoms with Crippen LogP contribution in [0.25, 0.3) is 10.9 Å². The number of rotatable bonds is 4. The Balaban J connectivity index is 1.66. The van der Waals surface area contributed by atoms with Crippen molar-refractivity contribution in [3.63, 3.8) is 0 Å². The zero-order valence-electron chi connectivity index (χ0n) is 16.3. The van der Waals surface area contributed by atoms with Gasteiger partial charge in [0.25, 0.3) is 0 Å². The zero-order valence-corrected chi connectivity index (χ0v) is 16.3. The number of anilines is 1. The van der Waals surface area contributed by atoms with Crippen LogP contribution in [0.4, 0.5) is 5.69 Å². The number of methoxy groups -OCH3 is 1. The summed E-state index contributed by atoms with van der Waals surface area (Å²) in [5.74, 6) is 0.850. The summed E-state index contributed by atoms with van der Waals surface area (Å²) in [4.78, 5) is 17.2. The number of para-hydroxylation sites is 1. The van der Waals surface area contributed by atoms with Crippen molar-refractivity contribution in [1.82, 2.24) is 4.98 Å². The van der Waals surface area contributed by atoms with Crippen LogP contribution < -0.4 is 9.64 Å². The summed E-state index contributed by atoms with van der Waals surface area (Å²) in [5, 5.41) is 1.30. The number of H-pyrrole nitrogens is 1. The van der Waals surface area contributed by atoms with Crippen LogP contribution in [0, 0.1) is 0 Å². The molecule has 1 aliphatic rings. The van der Waals surface area contributed by atoms with Gasteiger partial charge in [-0.1, -0.05) is 30.3 Å². The summed E-state index contributed by atoms with van der Waals surface area (Å²) < 4.78 is 5.36. The highest BCUT2D eigenvalue weighted by Gasteiger charge is 2.31. The Hall–Kier alpha value is -3.53. The molecular weight excluding hydrogens is 360 g/mol. The first-order chi connectivity index (χ1) is 14.3. The van der Waals surface area contributed by atoms with Crippen LogP contribution in [0.1, 0.15) is 33.2 Å². The standard InChI is InChI=1S/C25H22N2O2/c1-29-20-12-8-18(9-13-20)25-24-22(21-4-2-3-5-23(21)26-24)14-15-27(25)19-10-6-17(16-28)7-11-19/h2-13,16,25-26H,14-15H2,1H3. The molecule has 0 fully saturated rings. The van der Waals surface area contributed by atoms with Gasteiger partial charge in [0.05, 0.1) is 13.2 Å². The second-order valence-corrected chi connectivity index (χ2v) is 7.39. The quantitative estimate of drug-likeness (QED) is 0.497. The lowest BCUT2D eigenvalue weighted by atomic mass is 9.91. The number of hydrogen-bond donors (Lipinski definition) is 1. The number of carbonyl (C=O) groups excluding carboxylic acids is 1. The molecule has 0 saturated carbocycles. The molecule has 1 aromatic heterocycles. The number of nitrogens with zero attached hydrogens (tertiary/aromatic N) is 1. The fourth-order valence-electron chi connectivity index (χ4n) is 4.40. The highest BCUT2D eigenvalue weighted by Crippen LogP contribution is 2.41. The molecule has 1 N–H and O–H groups in total. The van der Waals surface area contributed by atoms with E-state index in [1.54, 1.807) is 7.11 Å². The van der Waals surface area contributed by atoms with Gasteiger partial charge in [0.1, 0.15) is 12.0 Å². The van der Waals surface area contributed by atoms with Gasteiger partial charge in [0, 0.05) is 34.4 Å². The third kappa shape index (κ3) is 2.97. The third-order valence-corrected chi connectivity index (χ3v) is 5.83. The highest BCUT2D eigenvalue weighted by molar-refractivity contribution is 5.86. The Bertz CT molecular complexity index is 1160. The minimum absolute atomic E-state index is 0.0686. The molecule has 0 aliphatic carbocycles. The van der Waals surface area contributed by atoms with Crippen LogP contribution in [0.3, 0.4) is 0 Å². The molecule has 4 heteroatoms. The van der Waals surface area contributed by atoms with Crippen LogP contribution in [0.15, 0.2) is 72.8 Å². The van der Waals surface area contributed by atoms with Crippen molar-refractivity contribution in [2.45, 2.75) is 12.5 Å². The average Bonchev–Trinajstić information content (AvgIpc) is 3.17. The van der Waals surface area contributed by atoms with Crippen molar-refractivity contribution < 1.29 is 9.53 Å². The van der Waals surface area contributed by atoms with E-state index in [2.05, 4.69) is 46.3 Å². The molecule has 0 saturated heterocycles. The first kappa shape index (κ1) is 17.6. The van der Waals surface area contributed by atoms with Crippen molar-refractivity contribution in [1.29, 1.82) is 0 Å². The van der Waals surface area contributed by atoms with Gasteiger partial charge in [-0.2, -0.15) is 0 Å². The van der Waals surface area contributed by atoms with E-state index in [1.165, 1.54) is 27.7 Å². The summed E-state index contributed by atoms with van der Waals surface area (Å²) >= 11 is 0. The molecule has 1 aliphatic heterocycles. The van der Waals surface area contributed by atoms with Gasteiger partial charge in [-0.25, -0.2) is 0 Å². The topological polar surface area (TPSA) is 45.3 Å². The number of nitrogens with one attached hydrogen (secondary N) is 1. The van der Waals surface area contributed by atoms with Gasteiger partial charge >= 0.3 is 0 Å². The molecule has 0 amide bonds. The van der Waals surface area contributed by atoms with E-state index in [9.17, 15) is 4.79 Å². The van der Waals surface area contributed by atoms with Crippen molar-refractivity contribution >= 4 is 22.9 Å². The number of carbonyl (C=O) groups is 1. The largest absolute Gasteiger partial charge is 0.497 e. The number of hydrogen-bond acceptors (Lipinski definition) is 3. The lowest BCUT2D eigenvalue weighted by molar-refractivity contribution is 0.112. The monoisotopic (exact) mass is 382 g/mol. The minimum atomic E-state index is 0.0686. The first-order valence-corrected chi connectivity index (χ1v) is 9.84. The van der Waals surface area contributed by atoms with Gasteiger partial charge < -0.3 is 14.6 Å². The van der Waals surface area contributed by atoms with Crippen LogP contribution in [0.5, 0.6) is 5.75 Å². The van der Waals surface area contributed by atoms with E-state index in [1.807, 2.05) is 36.4 Å². The molecule has 0 radical (unpaired) electrons. The Morgan fingerprint density at radius 3 is 2.48 bits per heavy atom. The number of aromatic nitrogens is 1. The second kappa shape index (κ2) is 7.13. The fraction of sp³-hybridized carbons (Fsp3) is 0.160. The molecule has 4 aromatic rings. The lowest BCUT2D eigenvalue weighted by Gasteiger charge is -2.38. The molecule has 29 heavy (non-hydrogen) atoms.